The Morgan fingerprint density at radius 1 is 1.27 bits per heavy atom. The first-order valence-corrected chi connectivity index (χ1v) is 10.2. The van der Waals surface area contributed by atoms with Gasteiger partial charge < -0.3 is 14.8 Å². The summed E-state index contributed by atoms with van der Waals surface area (Å²) in [5, 5.41) is 7.48. The first-order valence-electron chi connectivity index (χ1n) is 9.42. The topological polar surface area (TPSA) is 78.3 Å². The number of carbonyl (C=O) groups excluding carboxylic acids is 1. The zero-order valence-electron chi connectivity index (χ0n) is 16.8. The molecule has 0 amide bonds. The van der Waals surface area contributed by atoms with Crippen LogP contribution >= 0.6 is 15.9 Å². The first-order chi connectivity index (χ1) is 14.5. The highest BCUT2D eigenvalue weighted by molar-refractivity contribution is 9.10. The fraction of sp³-hybridized carbons (Fsp3) is 0.227. The molecule has 0 bridgehead atoms. The standard InChI is InChI=1S/C22H21BrN4O3/c1-13-19(14(2)28)20(27-22(26-13)24-12-25-27)16-9-17(23)21(18(10-16)29-3)30-11-15-7-5-4-6-8-15/h4-10,12,20H,11H2,1-3H3,(H,24,25,26). The molecule has 0 fully saturated rings. The van der Waals surface area contributed by atoms with Gasteiger partial charge in [-0.1, -0.05) is 30.3 Å². The first kappa shape index (κ1) is 20.2. The monoisotopic (exact) mass is 468 g/mol. The van der Waals surface area contributed by atoms with Crippen molar-refractivity contribution >= 4 is 27.7 Å². The summed E-state index contributed by atoms with van der Waals surface area (Å²) in [6.07, 6.45) is 1.47. The van der Waals surface area contributed by atoms with Crippen molar-refractivity contribution in [3.05, 3.63) is 75.7 Å². The number of ether oxygens (including phenoxy) is 2. The molecule has 0 saturated carbocycles. The van der Waals surface area contributed by atoms with Crippen molar-refractivity contribution in [2.24, 2.45) is 0 Å². The Kier molecular flexibility index (Phi) is 5.59. The normalized spacial score (nSPS) is 15.4. The molecule has 1 aliphatic heterocycles. The van der Waals surface area contributed by atoms with Gasteiger partial charge in [0.2, 0.25) is 5.95 Å². The minimum absolute atomic E-state index is 0.0364. The number of halogens is 1. The Morgan fingerprint density at radius 2 is 2.03 bits per heavy atom. The number of carbonyl (C=O) groups is 1. The van der Waals surface area contributed by atoms with Crippen LogP contribution < -0.4 is 14.8 Å². The van der Waals surface area contributed by atoms with Crippen LogP contribution in [0.2, 0.25) is 0 Å². The predicted octanol–water partition coefficient (Wildman–Crippen LogP) is 4.51. The van der Waals surface area contributed by atoms with E-state index in [1.165, 1.54) is 6.33 Å². The van der Waals surface area contributed by atoms with Crippen molar-refractivity contribution in [1.82, 2.24) is 14.8 Å². The molecule has 1 N–H and O–H groups in total. The second-order valence-corrected chi connectivity index (χ2v) is 7.81. The number of benzene rings is 2. The summed E-state index contributed by atoms with van der Waals surface area (Å²) in [5.74, 6) is 1.71. The molecule has 2 aromatic carbocycles. The van der Waals surface area contributed by atoms with E-state index in [0.717, 1.165) is 21.3 Å². The molecule has 1 unspecified atom stereocenters. The molecule has 1 atom stereocenters. The van der Waals surface area contributed by atoms with Crippen LogP contribution in [0.3, 0.4) is 0 Å². The maximum Gasteiger partial charge on any atom is 0.226 e. The summed E-state index contributed by atoms with van der Waals surface area (Å²) < 4.78 is 14.1. The third-order valence-electron chi connectivity index (χ3n) is 4.97. The number of allylic oxidation sites excluding steroid dienone is 2. The number of Topliss-reactive ketones (excluding diaryl/α,β-unsaturated/α-hetero) is 1. The van der Waals surface area contributed by atoms with Crippen molar-refractivity contribution in [3.8, 4) is 11.5 Å². The summed E-state index contributed by atoms with van der Waals surface area (Å²) in [6.45, 7) is 3.83. The maximum atomic E-state index is 12.5. The van der Waals surface area contributed by atoms with Crippen LogP contribution in [0.4, 0.5) is 5.95 Å². The van der Waals surface area contributed by atoms with E-state index in [1.807, 2.05) is 49.4 Å². The van der Waals surface area contributed by atoms with Crippen LogP contribution in [0.15, 0.2) is 64.5 Å². The fourth-order valence-corrected chi connectivity index (χ4v) is 4.20. The van der Waals surface area contributed by atoms with Crippen LogP contribution in [-0.2, 0) is 11.4 Å². The van der Waals surface area contributed by atoms with E-state index in [-0.39, 0.29) is 5.78 Å². The van der Waals surface area contributed by atoms with Gasteiger partial charge in [-0.05, 0) is 53.0 Å². The van der Waals surface area contributed by atoms with Crippen LogP contribution in [0, 0.1) is 0 Å². The van der Waals surface area contributed by atoms with E-state index >= 15 is 0 Å². The number of hydrogen-bond acceptors (Lipinski definition) is 6. The van der Waals surface area contributed by atoms with Gasteiger partial charge in [0.25, 0.3) is 0 Å². The molecule has 2 heterocycles. The number of fused-ring (bicyclic) bond motifs is 1. The van der Waals surface area contributed by atoms with Crippen LogP contribution in [0.25, 0.3) is 0 Å². The average Bonchev–Trinajstić information content (AvgIpc) is 3.19. The largest absolute Gasteiger partial charge is 0.493 e. The Bertz CT molecular complexity index is 1120. The average molecular weight is 469 g/mol. The Balaban J connectivity index is 1.75. The van der Waals surface area contributed by atoms with Gasteiger partial charge in [-0.3, -0.25) is 4.79 Å². The molecular formula is C22H21BrN4O3. The van der Waals surface area contributed by atoms with E-state index in [1.54, 1.807) is 18.7 Å². The van der Waals surface area contributed by atoms with Gasteiger partial charge in [-0.25, -0.2) is 4.68 Å². The molecular weight excluding hydrogens is 448 g/mol. The number of methoxy groups -OCH3 is 1. The Labute approximate surface area is 182 Å². The van der Waals surface area contributed by atoms with E-state index in [2.05, 4.69) is 31.3 Å². The molecule has 4 rings (SSSR count). The van der Waals surface area contributed by atoms with Crippen LogP contribution in [0.1, 0.15) is 31.0 Å². The molecule has 1 aliphatic rings. The number of aromatic nitrogens is 3. The molecule has 8 heteroatoms. The zero-order chi connectivity index (χ0) is 21.3. The summed E-state index contributed by atoms with van der Waals surface area (Å²) in [6, 6.07) is 13.3. The SMILES string of the molecule is COc1cc(C2C(C(C)=O)=C(C)Nc3ncnn32)cc(Br)c1OCc1ccccc1. The quantitative estimate of drug-likeness (QED) is 0.573. The smallest absolute Gasteiger partial charge is 0.226 e. The molecule has 0 saturated heterocycles. The number of nitrogens with one attached hydrogen (secondary N) is 1. The minimum atomic E-state index is -0.422. The highest BCUT2D eigenvalue weighted by atomic mass is 79.9. The van der Waals surface area contributed by atoms with Crippen LogP contribution in [0.5, 0.6) is 11.5 Å². The summed E-state index contributed by atoms with van der Waals surface area (Å²) in [5.41, 5.74) is 3.27. The number of hydrogen-bond donors (Lipinski definition) is 1. The van der Waals surface area contributed by atoms with Crippen molar-refractivity contribution < 1.29 is 14.3 Å². The van der Waals surface area contributed by atoms with Gasteiger partial charge in [0.1, 0.15) is 19.0 Å². The highest BCUT2D eigenvalue weighted by Gasteiger charge is 2.32. The zero-order valence-corrected chi connectivity index (χ0v) is 18.4. The van der Waals surface area contributed by atoms with E-state index < -0.39 is 6.04 Å². The Hall–Kier alpha value is -3.13. The predicted molar refractivity (Wildman–Crippen MR) is 117 cm³/mol. The minimum Gasteiger partial charge on any atom is -0.493 e. The molecule has 0 radical (unpaired) electrons. The van der Waals surface area contributed by atoms with E-state index in [9.17, 15) is 4.79 Å². The highest BCUT2D eigenvalue weighted by Crippen LogP contribution is 2.42. The maximum absolute atomic E-state index is 12.5. The number of rotatable bonds is 6. The lowest BCUT2D eigenvalue weighted by atomic mass is 9.93. The van der Waals surface area contributed by atoms with Gasteiger partial charge in [-0.15, -0.1) is 0 Å². The van der Waals surface area contributed by atoms with Crippen LogP contribution in [-0.4, -0.2) is 27.7 Å². The van der Waals surface area contributed by atoms with Crippen molar-refractivity contribution in [3.63, 3.8) is 0 Å². The summed E-state index contributed by atoms with van der Waals surface area (Å²) >= 11 is 3.61. The number of nitrogens with zero attached hydrogens (tertiary/aromatic N) is 3. The lowest BCUT2D eigenvalue weighted by Gasteiger charge is -2.28. The fourth-order valence-electron chi connectivity index (χ4n) is 3.62. The van der Waals surface area contributed by atoms with E-state index in [0.29, 0.717) is 29.6 Å². The van der Waals surface area contributed by atoms with E-state index in [4.69, 9.17) is 9.47 Å². The summed E-state index contributed by atoms with van der Waals surface area (Å²) in [7, 11) is 1.59. The van der Waals surface area contributed by atoms with Gasteiger partial charge >= 0.3 is 0 Å². The van der Waals surface area contributed by atoms with Crippen molar-refractivity contribution in [2.45, 2.75) is 26.5 Å². The molecule has 154 valence electrons. The molecule has 7 nitrogen and oxygen atoms in total. The lowest BCUT2D eigenvalue weighted by molar-refractivity contribution is -0.114. The van der Waals surface area contributed by atoms with Gasteiger partial charge in [0, 0.05) is 11.3 Å². The van der Waals surface area contributed by atoms with Gasteiger partial charge in [-0.2, -0.15) is 10.1 Å². The van der Waals surface area contributed by atoms with Gasteiger partial charge in [0.15, 0.2) is 17.3 Å². The molecule has 0 spiro atoms. The third kappa shape index (κ3) is 3.70. The molecule has 30 heavy (non-hydrogen) atoms. The molecule has 3 aromatic rings. The lowest BCUT2D eigenvalue weighted by Crippen LogP contribution is -2.27. The van der Waals surface area contributed by atoms with Crippen molar-refractivity contribution in [2.75, 3.05) is 12.4 Å². The number of anilines is 1. The Morgan fingerprint density at radius 3 is 2.73 bits per heavy atom. The number of ketones is 1. The summed E-state index contributed by atoms with van der Waals surface area (Å²) in [4.78, 5) is 16.7. The molecule has 0 aliphatic carbocycles. The molecule has 1 aromatic heterocycles. The third-order valence-corrected chi connectivity index (χ3v) is 5.56. The second kappa shape index (κ2) is 8.31. The van der Waals surface area contributed by atoms with Gasteiger partial charge in [0.05, 0.1) is 11.6 Å². The second-order valence-electron chi connectivity index (χ2n) is 6.96. The van der Waals surface area contributed by atoms with Crippen molar-refractivity contribution in [1.29, 1.82) is 0 Å².